The largest absolute Gasteiger partial charge is 0.493 e. The number of aromatic nitrogens is 2. The van der Waals surface area contributed by atoms with Gasteiger partial charge in [-0.25, -0.2) is 4.98 Å². The highest BCUT2D eigenvalue weighted by Gasteiger charge is 2.11. The third-order valence-corrected chi connectivity index (χ3v) is 5.12. The van der Waals surface area contributed by atoms with E-state index < -0.39 is 0 Å². The van der Waals surface area contributed by atoms with Crippen molar-refractivity contribution in [2.45, 2.75) is 33.2 Å². The van der Waals surface area contributed by atoms with Crippen LogP contribution in [0.25, 0.3) is 11.0 Å². The second-order valence-corrected chi connectivity index (χ2v) is 7.25. The molecule has 4 rings (SSSR count). The van der Waals surface area contributed by atoms with Gasteiger partial charge in [-0.3, -0.25) is 0 Å². The Hall–Kier alpha value is -3.07. The minimum absolute atomic E-state index is 0.697. The molecule has 0 bridgehead atoms. The first-order chi connectivity index (χ1) is 13.7. The molecule has 0 unspecified atom stereocenters. The SMILES string of the molecule is Cc1cccc(C)c1OCCCn1c(Cc2ccccc2)nc2ccccc21. The predicted octanol–water partition coefficient (Wildman–Crippen LogP) is 5.71. The van der Waals surface area contributed by atoms with Gasteiger partial charge in [0.15, 0.2) is 0 Å². The highest BCUT2D eigenvalue weighted by molar-refractivity contribution is 5.76. The third-order valence-electron chi connectivity index (χ3n) is 5.12. The van der Waals surface area contributed by atoms with Crippen LogP contribution in [0.4, 0.5) is 0 Å². The molecule has 1 heterocycles. The maximum absolute atomic E-state index is 6.10. The number of benzene rings is 3. The van der Waals surface area contributed by atoms with E-state index in [1.165, 1.54) is 22.2 Å². The number of aryl methyl sites for hydroxylation is 3. The molecule has 0 saturated heterocycles. The predicted molar refractivity (Wildman–Crippen MR) is 115 cm³/mol. The van der Waals surface area contributed by atoms with Crippen molar-refractivity contribution in [3.8, 4) is 5.75 Å². The monoisotopic (exact) mass is 370 g/mol. The van der Waals surface area contributed by atoms with Gasteiger partial charge in [-0.05, 0) is 49.1 Å². The molecule has 0 amide bonds. The molecule has 3 aromatic carbocycles. The van der Waals surface area contributed by atoms with Gasteiger partial charge in [0.25, 0.3) is 0 Å². The first kappa shape index (κ1) is 18.3. The Morgan fingerprint density at radius 2 is 1.54 bits per heavy atom. The van der Waals surface area contributed by atoms with Gasteiger partial charge in [0.1, 0.15) is 11.6 Å². The lowest BCUT2D eigenvalue weighted by Gasteiger charge is -2.13. The number of para-hydroxylation sites is 3. The Labute approximate surface area is 166 Å². The molecule has 0 spiro atoms. The molecular weight excluding hydrogens is 344 g/mol. The smallest absolute Gasteiger partial charge is 0.125 e. The second-order valence-electron chi connectivity index (χ2n) is 7.25. The maximum Gasteiger partial charge on any atom is 0.125 e. The molecular formula is C25H26N2O. The molecule has 0 fully saturated rings. The van der Waals surface area contributed by atoms with Crippen molar-refractivity contribution in [2.24, 2.45) is 0 Å². The van der Waals surface area contributed by atoms with Gasteiger partial charge in [-0.2, -0.15) is 0 Å². The first-order valence-corrected chi connectivity index (χ1v) is 9.89. The van der Waals surface area contributed by atoms with Crippen molar-refractivity contribution < 1.29 is 4.74 Å². The van der Waals surface area contributed by atoms with Crippen LogP contribution >= 0.6 is 0 Å². The molecule has 3 nitrogen and oxygen atoms in total. The van der Waals surface area contributed by atoms with Crippen LogP contribution in [-0.4, -0.2) is 16.2 Å². The van der Waals surface area contributed by atoms with E-state index >= 15 is 0 Å². The summed E-state index contributed by atoms with van der Waals surface area (Å²) in [7, 11) is 0. The Bertz CT molecular complexity index is 1050. The number of fused-ring (bicyclic) bond motifs is 1. The third kappa shape index (κ3) is 3.94. The van der Waals surface area contributed by atoms with Gasteiger partial charge in [-0.15, -0.1) is 0 Å². The molecule has 1 aromatic heterocycles. The molecule has 0 radical (unpaired) electrons. The van der Waals surface area contributed by atoms with Crippen molar-refractivity contribution in [2.75, 3.05) is 6.61 Å². The summed E-state index contributed by atoms with van der Waals surface area (Å²) in [6.45, 7) is 5.80. The zero-order valence-electron chi connectivity index (χ0n) is 16.6. The van der Waals surface area contributed by atoms with Gasteiger partial charge in [-0.1, -0.05) is 60.7 Å². The van der Waals surface area contributed by atoms with Crippen LogP contribution in [0.3, 0.4) is 0 Å². The summed E-state index contributed by atoms with van der Waals surface area (Å²) in [4.78, 5) is 4.90. The van der Waals surface area contributed by atoms with Crippen molar-refractivity contribution in [3.05, 3.63) is 95.3 Å². The van der Waals surface area contributed by atoms with Crippen LogP contribution in [0.5, 0.6) is 5.75 Å². The minimum Gasteiger partial charge on any atom is -0.493 e. The standard InChI is InChI=1S/C25H26N2O/c1-19-10-8-11-20(2)25(19)28-17-9-16-27-23-15-7-6-14-22(23)26-24(27)18-21-12-4-3-5-13-21/h3-8,10-15H,9,16-18H2,1-2H3. The molecule has 0 atom stereocenters. The van der Waals surface area contributed by atoms with Crippen LogP contribution in [-0.2, 0) is 13.0 Å². The van der Waals surface area contributed by atoms with E-state index in [9.17, 15) is 0 Å². The molecule has 0 N–H and O–H groups in total. The number of nitrogens with zero attached hydrogens (tertiary/aromatic N) is 2. The van der Waals surface area contributed by atoms with Gasteiger partial charge in [0.2, 0.25) is 0 Å². The summed E-state index contributed by atoms with van der Waals surface area (Å²) in [5.74, 6) is 2.13. The van der Waals surface area contributed by atoms with E-state index in [0.29, 0.717) is 6.61 Å². The lowest BCUT2D eigenvalue weighted by atomic mass is 10.1. The lowest BCUT2D eigenvalue weighted by Crippen LogP contribution is -2.09. The summed E-state index contributed by atoms with van der Waals surface area (Å²) in [5.41, 5.74) is 5.92. The summed E-state index contributed by atoms with van der Waals surface area (Å²) in [5, 5.41) is 0. The van der Waals surface area contributed by atoms with Crippen molar-refractivity contribution in [1.29, 1.82) is 0 Å². The fourth-order valence-corrected chi connectivity index (χ4v) is 3.71. The fourth-order valence-electron chi connectivity index (χ4n) is 3.71. The molecule has 0 aliphatic heterocycles. The molecule has 4 aromatic rings. The molecule has 3 heteroatoms. The van der Waals surface area contributed by atoms with Gasteiger partial charge >= 0.3 is 0 Å². The van der Waals surface area contributed by atoms with Crippen LogP contribution in [0, 0.1) is 13.8 Å². The van der Waals surface area contributed by atoms with Crippen LogP contribution in [0.15, 0.2) is 72.8 Å². The van der Waals surface area contributed by atoms with E-state index in [1.54, 1.807) is 0 Å². The molecule has 0 aliphatic rings. The van der Waals surface area contributed by atoms with Gasteiger partial charge in [0, 0.05) is 13.0 Å². The van der Waals surface area contributed by atoms with E-state index in [-0.39, 0.29) is 0 Å². The van der Waals surface area contributed by atoms with E-state index in [0.717, 1.165) is 36.5 Å². The van der Waals surface area contributed by atoms with Crippen LogP contribution < -0.4 is 4.74 Å². The van der Waals surface area contributed by atoms with Gasteiger partial charge in [0.05, 0.1) is 17.6 Å². The zero-order chi connectivity index (χ0) is 19.3. The average molecular weight is 370 g/mol. The van der Waals surface area contributed by atoms with Crippen LogP contribution in [0.1, 0.15) is 28.9 Å². The second kappa shape index (κ2) is 8.30. The van der Waals surface area contributed by atoms with E-state index in [4.69, 9.17) is 9.72 Å². The normalized spacial score (nSPS) is 11.1. The fraction of sp³-hybridized carbons (Fsp3) is 0.240. The van der Waals surface area contributed by atoms with Crippen LogP contribution in [0.2, 0.25) is 0 Å². The van der Waals surface area contributed by atoms with Crippen molar-refractivity contribution in [1.82, 2.24) is 9.55 Å². The molecule has 0 saturated carbocycles. The average Bonchev–Trinajstić information content (AvgIpc) is 3.05. The minimum atomic E-state index is 0.697. The highest BCUT2D eigenvalue weighted by Crippen LogP contribution is 2.23. The number of hydrogen-bond donors (Lipinski definition) is 0. The summed E-state index contributed by atoms with van der Waals surface area (Å²) in [6.07, 6.45) is 1.78. The summed E-state index contributed by atoms with van der Waals surface area (Å²) in [6, 6.07) is 25.2. The zero-order valence-corrected chi connectivity index (χ0v) is 16.6. The lowest BCUT2D eigenvalue weighted by molar-refractivity contribution is 0.298. The summed E-state index contributed by atoms with van der Waals surface area (Å²) >= 11 is 0. The van der Waals surface area contributed by atoms with E-state index in [1.807, 2.05) is 0 Å². The Morgan fingerprint density at radius 3 is 2.32 bits per heavy atom. The number of rotatable bonds is 7. The summed E-state index contributed by atoms with van der Waals surface area (Å²) < 4.78 is 8.45. The topological polar surface area (TPSA) is 27.1 Å². The van der Waals surface area contributed by atoms with Crippen molar-refractivity contribution in [3.63, 3.8) is 0 Å². The van der Waals surface area contributed by atoms with E-state index in [2.05, 4.69) is 91.2 Å². The quantitative estimate of drug-likeness (QED) is 0.389. The number of hydrogen-bond acceptors (Lipinski definition) is 2. The molecule has 142 valence electrons. The Morgan fingerprint density at radius 1 is 0.821 bits per heavy atom. The Balaban J connectivity index is 1.50. The maximum atomic E-state index is 6.10. The van der Waals surface area contributed by atoms with Crippen molar-refractivity contribution >= 4 is 11.0 Å². The first-order valence-electron chi connectivity index (χ1n) is 9.89. The number of ether oxygens (including phenoxy) is 1. The number of imidazole rings is 1. The molecule has 28 heavy (non-hydrogen) atoms. The van der Waals surface area contributed by atoms with Gasteiger partial charge < -0.3 is 9.30 Å². The highest BCUT2D eigenvalue weighted by atomic mass is 16.5. The molecule has 0 aliphatic carbocycles. The Kier molecular flexibility index (Phi) is 5.43.